The normalized spacial score (nSPS) is 15.3. The number of hydrogen-bond donors (Lipinski definition) is 3. The van der Waals surface area contributed by atoms with Crippen molar-refractivity contribution >= 4 is 29.1 Å². The van der Waals surface area contributed by atoms with Gasteiger partial charge in [0, 0.05) is 6.54 Å². The minimum atomic E-state index is -0.858. The molecule has 7 heteroatoms. The number of aliphatic hydroxyl groups excluding tert-OH is 1. The molecule has 1 amide bonds. The highest BCUT2D eigenvalue weighted by molar-refractivity contribution is 6.37. The molecule has 1 aromatic rings. The zero-order valence-electron chi connectivity index (χ0n) is 12.0. The number of aliphatic hydroxyl groups is 1. The summed E-state index contributed by atoms with van der Waals surface area (Å²) in [6.45, 7) is 3.68. The third-order valence-electron chi connectivity index (χ3n) is 3.32. The van der Waals surface area contributed by atoms with Crippen molar-refractivity contribution in [3.63, 3.8) is 0 Å². The smallest absolute Gasteiger partial charge is 0.237 e. The molecule has 0 radical (unpaired) electrons. The van der Waals surface area contributed by atoms with Gasteiger partial charge in [0.1, 0.15) is 12.7 Å². The van der Waals surface area contributed by atoms with E-state index < -0.39 is 17.6 Å². The van der Waals surface area contributed by atoms with Crippen molar-refractivity contribution in [2.24, 2.45) is 5.73 Å². The van der Waals surface area contributed by atoms with Crippen LogP contribution >= 0.6 is 23.2 Å². The number of carbonyl (C=O) groups excluding carboxylic acids is 1. The molecule has 21 heavy (non-hydrogen) atoms. The Morgan fingerprint density at radius 2 is 2.05 bits per heavy atom. The molecule has 2 atom stereocenters. The Labute approximate surface area is 134 Å². The van der Waals surface area contributed by atoms with Gasteiger partial charge in [-0.3, -0.25) is 4.79 Å². The van der Waals surface area contributed by atoms with Crippen LogP contribution in [0.2, 0.25) is 10.0 Å². The van der Waals surface area contributed by atoms with Crippen LogP contribution in [0.25, 0.3) is 0 Å². The Bertz CT molecular complexity index is 479. The summed E-state index contributed by atoms with van der Waals surface area (Å²) >= 11 is 11.9. The third-order valence-corrected chi connectivity index (χ3v) is 3.91. The molecular formula is C14H20Cl2N2O3. The summed E-state index contributed by atoms with van der Waals surface area (Å²) < 4.78 is 5.42. The molecule has 0 aliphatic rings. The number of rotatable bonds is 8. The fraction of sp³-hybridized carbons (Fsp3) is 0.500. The lowest BCUT2D eigenvalue weighted by Gasteiger charge is -2.27. The van der Waals surface area contributed by atoms with Gasteiger partial charge in [-0.1, -0.05) is 36.2 Å². The predicted molar refractivity (Wildman–Crippen MR) is 83.9 cm³/mol. The third kappa shape index (κ3) is 5.04. The van der Waals surface area contributed by atoms with Gasteiger partial charge in [0.25, 0.3) is 0 Å². The van der Waals surface area contributed by atoms with Crippen LogP contribution in [0, 0.1) is 0 Å². The van der Waals surface area contributed by atoms with E-state index in [1.165, 1.54) is 0 Å². The number of hydrogen-bond acceptors (Lipinski definition) is 4. The van der Waals surface area contributed by atoms with Crippen LogP contribution in [0.4, 0.5) is 0 Å². The van der Waals surface area contributed by atoms with Crippen molar-refractivity contribution in [2.45, 2.75) is 31.9 Å². The molecular weight excluding hydrogens is 315 g/mol. The first-order valence-electron chi connectivity index (χ1n) is 6.60. The first kappa shape index (κ1) is 18.0. The lowest BCUT2D eigenvalue weighted by molar-refractivity contribution is -0.124. The number of nitrogens with one attached hydrogen (secondary N) is 1. The minimum absolute atomic E-state index is 0.00495. The number of nitrogens with two attached hydrogens (primary N) is 1. The number of halogens is 2. The summed E-state index contributed by atoms with van der Waals surface area (Å²) in [5.41, 5.74) is 4.47. The Morgan fingerprint density at radius 1 is 1.48 bits per heavy atom. The monoisotopic (exact) mass is 334 g/mol. The van der Waals surface area contributed by atoms with Gasteiger partial charge in [-0.15, -0.1) is 0 Å². The highest BCUT2D eigenvalue weighted by atomic mass is 35.5. The second kappa shape index (κ2) is 7.84. The van der Waals surface area contributed by atoms with Crippen LogP contribution in [0.1, 0.15) is 20.3 Å². The van der Waals surface area contributed by atoms with Gasteiger partial charge in [-0.05, 0) is 25.5 Å². The van der Waals surface area contributed by atoms with Crippen molar-refractivity contribution in [3.05, 3.63) is 28.2 Å². The van der Waals surface area contributed by atoms with Crippen molar-refractivity contribution in [3.8, 4) is 5.75 Å². The molecule has 0 heterocycles. The molecule has 118 valence electrons. The summed E-state index contributed by atoms with van der Waals surface area (Å²) in [5, 5.41) is 13.6. The Kier molecular flexibility index (Phi) is 6.74. The molecule has 0 saturated carbocycles. The lowest BCUT2D eigenvalue weighted by atomic mass is 9.98. The van der Waals surface area contributed by atoms with Gasteiger partial charge in [-0.25, -0.2) is 0 Å². The zero-order chi connectivity index (χ0) is 16.0. The number of ether oxygens (including phenoxy) is 1. The van der Waals surface area contributed by atoms with Crippen molar-refractivity contribution in [1.82, 2.24) is 5.32 Å². The van der Waals surface area contributed by atoms with Crippen LogP contribution in [-0.4, -0.2) is 35.8 Å². The fourth-order valence-corrected chi connectivity index (χ4v) is 2.09. The van der Waals surface area contributed by atoms with E-state index in [1.54, 1.807) is 25.1 Å². The second-order valence-electron chi connectivity index (χ2n) is 4.95. The maximum absolute atomic E-state index is 11.3. The van der Waals surface area contributed by atoms with Gasteiger partial charge in [0.2, 0.25) is 5.91 Å². The van der Waals surface area contributed by atoms with Gasteiger partial charge in [0.05, 0.1) is 15.6 Å². The largest absolute Gasteiger partial charge is 0.488 e. The zero-order valence-corrected chi connectivity index (χ0v) is 13.5. The lowest BCUT2D eigenvalue weighted by Crippen LogP contribution is -2.55. The molecule has 1 rings (SSSR count). The molecule has 0 spiro atoms. The average molecular weight is 335 g/mol. The van der Waals surface area contributed by atoms with Crippen molar-refractivity contribution in [1.29, 1.82) is 0 Å². The second-order valence-corrected chi connectivity index (χ2v) is 5.76. The summed E-state index contributed by atoms with van der Waals surface area (Å²) in [6.07, 6.45) is -0.311. The van der Waals surface area contributed by atoms with E-state index in [0.717, 1.165) is 0 Å². The van der Waals surface area contributed by atoms with Gasteiger partial charge in [-0.2, -0.15) is 0 Å². The van der Waals surface area contributed by atoms with Crippen LogP contribution in [0.15, 0.2) is 18.2 Å². The summed E-state index contributed by atoms with van der Waals surface area (Å²) in [4.78, 5) is 11.3. The first-order chi connectivity index (χ1) is 9.80. The average Bonchev–Trinajstić information content (AvgIpc) is 2.44. The molecule has 1 aromatic carbocycles. The van der Waals surface area contributed by atoms with E-state index in [2.05, 4.69) is 5.32 Å². The Balaban J connectivity index is 2.52. The number of benzene rings is 1. The summed E-state index contributed by atoms with van der Waals surface area (Å²) in [7, 11) is 0. The standard InChI is InChI=1S/C14H20Cl2N2O3/c1-3-14(2,13(17)20)18-7-9(19)8-21-12-10(15)5-4-6-11(12)16/h4-6,9,18-19H,3,7-8H2,1-2H3,(H2,17,20). The highest BCUT2D eigenvalue weighted by Crippen LogP contribution is 2.32. The molecule has 0 aromatic heterocycles. The maximum atomic E-state index is 11.3. The number of primary amides is 1. The topological polar surface area (TPSA) is 84.6 Å². The summed E-state index contributed by atoms with van der Waals surface area (Å²) in [6, 6.07) is 5.00. The SMILES string of the molecule is CCC(C)(NCC(O)COc1c(Cl)cccc1Cl)C(N)=O. The molecule has 0 aliphatic heterocycles. The van der Waals surface area contributed by atoms with E-state index >= 15 is 0 Å². The van der Waals surface area contributed by atoms with Gasteiger partial charge < -0.3 is 20.9 Å². The molecule has 0 fully saturated rings. The molecule has 0 bridgehead atoms. The van der Waals surface area contributed by atoms with E-state index in [-0.39, 0.29) is 13.2 Å². The Morgan fingerprint density at radius 3 is 2.52 bits per heavy atom. The van der Waals surface area contributed by atoms with Crippen LogP contribution < -0.4 is 15.8 Å². The number of β-amino-alcohol motifs (C(OH)–C–C–N with tert-alkyl or cyclic N) is 1. The quantitative estimate of drug-likeness (QED) is 0.678. The molecule has 4 N–H and O–H groups in total. The van der Waals surface area contributed by atoms with Gasteiger partial charge in [0.15, 0.2) is 5.75 Å². The van der Waals surface area contributed by atoms with E-state index in [1.807, 2.05) is 6.92 Å². The van der Waals surface area contributed by atoms with E-state index in [0.29, 0.717) is 22.2 Å². The van der Waals surface area contributed by atoms with Crippen molar-refractivity contribution < 1.29 is 14.6 Å². The van der Waals surface area contributed by atoms with Gasteiger partial charge >= 0.3 is 0 Å². The molecule has 0 saturated heterocycles. The van der Waals surface area contributed by atoms with Crippen LogP contribution in [-0.2, 0) is 4.79 Å². The molecule has 0 aliphatic carbocycles. The number of para-hydroxylation sites is 1. The predicted octanol–water partition coefficient (Wildman–Crippen LogP) is 1.98. The summed E-state index contributed by atoms with van der Waals surface area (Å²) in [5.74, 6) is -0.139. The number of amides is 1. The maximum Gasteiger partial charge on any atom is 0.237 e. The fourth-order valence-electron chi connectivity index (χ4n) is 1.59. The molecule has 2 unspecified atom stereocenters. The van der Waals surface area contributed by atoms with Crippen LogP contribution in [0.3, 0.4) is 0 Å². The molecule has 5 nitrogen and oxygen atoms in total. The number of carbonyl (C=O) groups is 1. The highest BCUT2D eigenvalue weighted by Gasteiger charge is 2.28. The van der Waals surface area contributed by atoms with Crippen LogP contribution in [0.5, 0.6) is 5.75 Å². The minimum Gasteiger partial charge on any atom is -0.488 e. The van der Waals surface area contributed by atoms with E-state index in [4.69, 9.17) is 33.7 Å². The van der Waals surface area contributed by atoms with Crippen molar-refractivity contribution in [2.75, 3.05) is 13.2 Å². The Hall–Kier alpha value is -1.01. The first-order valence-corrected chi connectivity index (χ1v) is 7.35. The van der Waals surface area contributed by atoms with E-state index in [9.17, 15) is 9.90 Å².